The van der Waals surface area contributed by atoms with Gasteiger partial charge in [-0.2, -0.15) is 0 Å². The third-order valence-corrected chi connectivity index (χ3v) is 4.69. The lowest BCUT2D eigenvalue weighted by Crippen LogP contribution is -2.13. The first-order valence-electron chi connectivity index (χ1n) is 5.29. The van der Waals surface area contributed by atoms with Crippen LogP contribution in [0.15, 0.2) is 55.6 Å². The van der Waals surface area contributed by atoms with Crippen LogP contribution in [0.5, 0.6) is 0 Å². The quantitative estimate of drug-likeness (QED) is 0.579. The molecule has 3 heteroatoms. The molecule has 0 aliphatic rings. The van der Waals surface area contributed by atoms with Gasteiger partial charge in [-0.1, -0.05) is 42.5 Å². The van der Waals surface area contributed by atoms with Gasteiger partial charge in [-0.15, -0.1) is 13.2 Å². The molecule has 0 bridgehead atoms. The van der Waals surface area contributed by atoms with Crippen LogP contribution >= 0.6 is 7.29 Å². The summed E-state index contributed by atoms with van der Waals surface area (Å²) in [6.07, 6.45) is 4.41. The summed E-state index contributed by atoms with van der Waals surface area (Å²) >= 11 is 0. The number of hydrogen-bond acceptors (Lipinski definition) is 1. The van der Waals surface area contributed by atoms with E-state index in [1.807, 2.05) is 30.3 Å². The molecule has 86 valence electrons. The molecule has 0 amide bonds. The molecule has 0 aromatic heterocycles. The maximum atomic E-state index is 12.3. The number of benzene rings is 1. The molecule has 16 heavy (non-hydrogen) atoms. The Balaban J connectivity index is 2.60. The van der Waals surface area contributed by atoms with Gasteiger partial charge in [0.15, 0.2) is 7.29 Å². The van der Waals surface area contributed by atoms with Crippen LogP contribution < -0.4 is 5.09 Å². The Kier molecular flexibility index (Phi) is 5.24. The van der Waals surface area contributed by atoms with Gasteiger partial charge in [-0.25, -0.2) is 0 Å². The highest BCUT2D eigenvalue weighted by Gasteiger charge is 2.17. The SMILES string of the molecule is C=CCP(=O)(CC=C)NCc1ccccc1. The van der Waals surface area contributed by atoms with Crippen molar-refractivity contribution in [3.8, 4) is 0 Å². The highest BCUT2D eigenvalue weighted by Crippen LogP contribution is 2.40. The summed E-state index contributed by atoms with van der Waals surface area (Å²) in [5.74, 6) is 0. The molecule has 0 saturated carbocycles. The van der Waals surface area contributed by atoms with E-state index < -0.39 is 7.29 Å². The first kappa shape index (κ1) is 13.0. The second-order valence-electron chi connectivity index (χ2n) is 3.65. The van der Waals surface area contributed by atoms with Crippen molar-refractivity contribution in [2.24, 2.45) is 0 Å². The Hall–Kier alpha value is -1.11. The maximum absolute atomic E-state index is 12.3. The zero-order chi connectivity index (χ0) is 11.9. The summed E-state index contributed by atoms with van der Waals surface area (Å²) in [6.45, 7) is 7.90. The van der Waals surface area contributed by atoms with Gasteiger partial charge in [-0.3, -0.25) is 5.09 Å². The molecular formula is C13H18NOP. The van der Waals surface area contributed by atoms with Crippen LogP contribution in [0.2, 0.25) is 0 Å². The molecule has 0 saturated heterocycles. The Bertz CT molecular complexity index is 372. The smallest absolute Gasteiger partial charge is 0.155 e. The molecule has 1 aromatic carbocycles. The predicted octanol–water partition coefficient (Wildman–Crippen LogP) is 3.43. The molecule has 1 aromatic rings. The van der Waals surface area contributed by atoms with E-state index in [0.29, 0.717) is 18.9 Å². The van der Waals surface area contributed by atoms with E-state index in [1.54, 1.807) is 12.2 Å². The lowest BCUT2D eigenvalue weighted by Gasteiger charge is -2.16. The molecular weight excluding hydrogens is 217 g/mol. The Labute approximate surface area is 97.5 Å². The number of rotatable bonds is 7. The van der Waals surface area contributed by atoms with Crippen molar-refractivity contribution in [2.45, 2.75) is 6.54 Å². The Morgan fingerprint density at radius 3 is 2.19 bits per heavy atom. The molecule has 1 N–H and O–H groups in total. The van der Waals surface area contributed by atoms with Gasteiger partial charge in [-0.05, 0) is 5.56 Å². The van der Waals surface area contributed by atoms with Gasteiger partial charge in [0.1, 0.15) is 0 Å². The van der Waals surface area contributed by atoms with Crippen LogP contribution in [-0.2, 0) is 11.1 Å². The topological polar surface area (TPSA) is 29.1 Å². The monoisotopic (exact) mass is 235 g/mol. The average Bonchev–Trinajstić information content (AvgIpc) is 2.29. The van der Waals surface area contributed by atoms with Gasteiger partial charge < -0.3 is 4.57 Å². The fraction of sp³-hybridized carbons (Fsp3) is 0.231. The van der Waals surface area contributed by atoms with Crippen molar-refractivity contribution < 1.29 is 4.57 Å². The highest BCUT2D eigenvalue weighted by atomic mass is 31.2. The van der Waals surface area contributed by atoms with Crippen LogP contribution in [0.4, 0.5) is 0 Å². The molecule has 1 rings (SSSR count). The van der Waals surface area contributed by atoms with Crippen molar-refractivity contribution >= 4 is 7.29 Å². The van der Waals surface area contributed by atoms with E-state index in [1.165, 1.54) is 0 Å². The number of nitrogens with one attached hydrogen (secondary N) is 1. The largest absolute Gasteiger partial charge is 0.306 e. The van der Waals surface area contributed by atoms with Gasteiger partial charge in [0.2, 0.25) is 0 Å². The molecule has 0 radical (unpaired) electrons. The number of allylic oxidation sites excluding steroid dienone is 2. The molecule has 0 heterocycles. The molecule has 2 nitrogen and oxygen atoms in total. The summed E-state index contributed by atoms with van der Waals surface area (Å²) in [5, 5.41) is 3.13. The molecule has 0 spiro atoms. The summed E-state index contributed by atoms with van der Waals surface area (Å²) in [5.41, 5.74) is 1.14. The summed E-state index contributed by atoms with van der Waals surface area (Å²) in [4.78, 5) is 0. The second-order valence-corrected chi connectivity index (χ2v) is 6.48. The molecule has 0 aliphatic carbocycles. The van der Waals surface area contributed by atoms with Crippen molar-refractivity contribution in [1.82, 2.24) is 5.09 Å². The zero-order valence-electron chi connectivity index (χ0n) is 9.43. The lowest BCUT2D eigenvalue weighted by atomic mass is 10.2. The summed E-state index contributed by atoms with van der Waals surface area (Å²) < 4.78 is 12.3. The standard InChI is InChI=1S/C13H18NOP/c1-3-10-16(15,11-4-2)14-12-13-8-6-5-7-9-13/h3-9H,1-2,10-12H2,(H,14,15). The average molecular weight is 235 g/mol. The van der Waals surface area contributed by atoms with Crippen molar-refractivity contribution in [1.29, 1.82) is 0 Å². The van der Waals surface area contributed by atoms with Gasteiger partial charge >= 0.3 is 0 Å². The Morgan fingerprint density at radius 1 is 1.12 bits per heavy atom. The normalized spacial score (nSPS) is 11.0. The molecule has 0 aliphatic heterocycles. The first-order valence-corrected chi connectivity index (χ1v) is 7.37. The van der Waals surface area contributed by atoms with E-state index in [2.05, 4.69) is 18.2 Å². The van der Waals surface area contributed by atoms with E-state index in [-0.39, 0.29) is 0 Å². The molecule has 0 unspecified atom stereocenters. The third-order valence-electron chi connectivity index (χ3n) is 2.26. The van der Waals surface area contributed by atoms with E-state index in [9.17, 15) is 4.57 Å². The van der Waals surface area contributed by atoms with E-state index >= 15 is 0 Å². The van der Waals surface area contributed by atoms with Crippen LogP contribution in [0.25, 0.3) is 0 Å². The molecule has 0 fully saturated rings. The van der Waals surface area contributed by atoms with Crippen LogP contribution in [0.3, 0.4) is 0 Å². The fourth-order valence-corrected chi connectivity index (χ4v) is 3.16. The van der Waals surface area contributed by atoms with Gasteiger partial charge in [0.05, 0.1) is 0 Å². The third kappa shape index (κ3) is 4.18. The number of hydrogen-bond donors (Lipinski definition) is 1. The lowest BCUT2D eigenvalue weighted by molar-refractivity contribution is 0.568. The fourth-order valence-electron chi connectivity index (χ4n) is 1.45. The van der Waals surface area contributed by atoms with Gasteiger partial charge in [0.25, 0.3) is 0 Å². The van der Waals surface area contributed by atoms with Crippen molar-refractivity contribution in [3.05, 3.63) is 61.2 Å². The van der Waals surface area contributed by atoms with Crippen LogP contribution in [0, 0.1) is 0 Å². The predicted molar refractivity (Wildman–Crippen MR) is 71.0 cm³/mol. The van der Waals surface area contributed by atoms with E-state index in [0.717, 1.165) is 5.56 Å². The van der Waals surface area contributed by atoms with Gasteiger partial charge in [0, 0.05) is 18.9 Å². The minimum atomic E-state index is -2.37. The maximum Gasteiger partial charge on any atom is 0.155 e. The zero-order valence-corrected chi connectivity index (χ0v) is 10.3. The molecule has 0 atom stereocenters. The van der Waals surface area contributed by atoms with Crippen molar-refractivity contribution in [3.63, 3.8) is 0 Å². The Morgan fingerprint density at radius 2 is 1.69 bits per heavy atom. The highest BCUT2D eigenvalue weighted by molar-refractivity contribution is 7.62. The second kappa shape index (κ2) is 6.47. The van der Waals surface area contributed by atoms with Crippen LogP contribution in [0.1, 0.15) is 5.56 Å². The minimum Gasteiger partial charge on any atom is -0.306 e. The summed E-state index contributed by atoms with van der Waals surface area (Å²) in [7, 11) is -2.37. The minimum absolute atomic E-state index is 0.506. The van der Waals surface area contributed by atoms with E-state index in [4.69, 9.17) is 0 Å². The summed E-state index contributed by atoms with van der Waals surface area (Å²) in [6, 6.07) is 9.95. The van der Waals surface area contributed by atoms with Crippen molar-refractivity contribution in [2.75, 3.05) is 12.3 Å². The van der Waals surface area contributed by atoms with Crippen LogP contribution in [-0.4, -0.2) is 12.3 Å². The first-order chi connectivity index (χ1) is 7.70.